The van der Waals surface area contributed by atoms with Gasteiger partial charge in [-0.15, -0.1) is 0 Å². The SMILES string of the molecule is Cc1ccc(CN2CCCC(/C(N)=N/C(=O)Nc3cccc4ccc(=O)[nH]c34)C2)c(C)c1. The molecule has 32 heavy (non-hydrogen) atoms. The fourth-order valence-electron chi connectivity index (χ4n) is 4.34. The Morgan fingerprint density at radius 3 is 2.88 bits per heavy atom. The van der Waals surface area contributed by atoms with Crippen LogP contribution >= 0.6 is 0 Å². The number of anilines is 1. The van der Waals surface area contributed by atoms with Gasteiger partial charge in [-0.3, -0.25) is 9.69 Å². The van der Waals surface area contributed by atoms with Crippen molar-refractivity contribution in [1.29, 1.82) is 0 Å². The summed E-state index contributed by atoms with van der Waals surface area (Å²) in [4.78, 5) is 33.5. The molecule has 2 amide bonds. The predicted octanol–water partition coefficient (Wildman–Crippen LogP) is 3.95. The first-order valence-corrected chi connectivity index (χ1v) is 10.9. The number of carbonyl (C=O) groups excluding carboxylic acids is 1. The third kappa shape index (κ3) is 5.06. The molecule has 1 saturated heterocycles. The third-order valence-electron chi connectivity index (χ3n) is 6.05. The van der Waals surface area contributed by atoms with Crippen molar-refractivity contribution in [1.82, 2.24) is 9.88 Å². The molecule has 0 radical (unpaired) electrons. The summed E-state index contributed by atoms with van der Waals surface area (Å²) < 4.78 is 0. The van der Waals surface area contributed by atoms with E-state index in [4.69, 9.17) is 5.73 Å². The lowest BCUT2D eigenvalue weighted by molar-refractivity contribution is 0.195. The van der Waals surface area contributed by atoms with E-state index in [1.807, 2.05) is 12.1 Å². The summed E-state index contributed by atoms with van der Waals surface area (Å²) in [5.74, 6) is 0.383. The van der Waals surface area contributed by atoms with Crippen molar-refractivity contribution in [2.45, 2.75) is 33.2 Å². The van der Waals surface area contributed by atoms with Gasteiger partial charge in [0, 0.05) is 30.5 Å². The van der Waals surface area contributed by atoms with Crippen LogP contribution in [0.5, 0.6) is 0 Å². The molecule has 2 heterocycles. The Balaban J connectivity index is 1.43. The molecule has 0 spiro atoms. The number of H-pyrrole nitrogens is 1. The van der Waals surface area contributed by atoms with E-state index in [0.717, 1.165) is 37.9 Å². The number of nitrogens with two attached hydrogens (primary N) is 1. The van der Waals surface area contributed by atoms with Crippen LogP contribution in [0.2, 0.25) is 0 Å². The quantitative estimate of drug-likeness (QED) is 0.430. The zero-order chi connectivity index (χ0) is 22.7. The first kappa shape index (κ1) is 21.8. The van der Waals surface area contributed by atoms with Crippen LogP contribution < -0.4 is 16.6 Å². The van der Waals surface area contributed by atoms with Crippen molar-refractivity contribution in [3.8, 4) is 0 Å². The number of pyridine rings is 1. The van der Waals surface area contributed by atoms with Crippen molar-refractivity contribution in [2.24, 2.45) is 16.6 Å². The van der Waals surface area contributed by atoms with Crippen molar-refractivity contribution in [2.75, 3.05) is 18.4 Å². The summed E-state index contributed by atoms with van der Waals surface area (Å²) in [6.45, 7) is 6.89. The average Bonchev–Trinajstić information content (AvgIpc) is 2.76. The summed E-state index contributed by atoms with van der Waals surface area (Å²) in [7, 11) is 0. The van der Waals surface area contributed by atoms with Crippen LogP contribution in [0.1, 0.15) is 29.5 Å². The lowest BCUT2D eigenvalue weighted by atomic mass is 9.96. The van der Waals surface area contributed by atoms with Gasteiger partial charge in [-0.25, -0.2) is 4.79 Å². The number of aromatic nitrogens is 1. The second kappa shape index (κ2) is 9.36. The number of amidine groups is 1. The molecule has 1 aliphatic heterocycles. The van der Waals surface area contributed by atoms with Gasteiger partial charge in [0.05, 0.1) is 11.2 Å². The number of nitrogens with zero attached hydrogens (tertiary/aromatic N) is 2. The van der Waals surface area contributed by atoms with Crippen LogP contribution in [0.25, 0.3) is 10.9 Å². The van der Waals surface area contributed by atoms with Crippen molar-refractivity contribution < 1.29 is 4.79 Å². The minimum Gasteiger partial charge on any atom is -0.387 e. The molecule has 4 rings (SSSR count). The molecule has 7 nitrogen and oxygen atoms in total. The number of urea groups is 1. The molecular weight excluding hydrogens is 402 g/mol. The summed E-state index contributed by atoms with van der Waals surface area (Å²) in [5, 5.41) is 3.58. The standard InChI is InChI=1S/C25H29N5O2/c1-16-8-9-19(17(2)13-16)14-30-12-4-6-20(15-30)24(26)29-25(32)27-21-7-3-5-18-10-11-22(31)28-23(18)21/h3,5,7-11,13,20H,4,6,12,14-15H2,1-2H3,(H,28,31)(H3,26,27,29,32). The largest absolute Gasteiger partial charge is 0.387 e. The normalized spacial score (nSPS) is 17.4. The number of aliphatic imine (C=N–C) groups is 1. The number of aromatic amines is 1. The third-order valence-corrected chi connectivity index (χ3v) is 6.05. The number of hydrogen-bond donors (Lipinski definition) is 3. The topological polar surface area (TPSA) is 104 Å². The number of amides is 2. The molecule has 1 aromatic heterocycles. The summed E-state index contributed by atoms with van der Waals surface area (Å²) in [5.41, 5.74) is 11.0. The van der Waals surface area contributed by atoms with Gasteiger partial charge in [-0.1, -0.05) is 35.9 Å². The number of nitrogens with one attached hydrogen (secondary N) is 2. The number of carbonyl (C=O) groups is 1. The zero-order valence-electron chi connectivity index (χ0n) is 18.5. The lowest BCUT2D eigenvalue weighted by Crippen LogP contribution is -2.41. The van der Waals surface area contributed by atoms with Gasteiger partial charge in [0.1, 0.15) is 5.84 Å². The van der Waals surface area contributed by atoms with Crippen LogP contribution in [0.15, 0.2) is 58.3 Å². The Bertz CT molecular complexity index is 1230. The number of piperidine rings is 1. The Labute approximate surface area is 187 Å². The maximum Gasteiger partial charge on any atom is 0.347 e. The van der Waals surface area contributed by atoms with Crippen LogP contribution in [0.3, 0.4) is 0 Å². The number of fused-ring (bicyclic) bond motifs is 1. The first-order valence-electron chi connectivity index (χ1n) is 10.9. The monoisotopic (exact) mass is 431 g/mol. The molecule has 0 bridgehead atoms. The molecular formula is C25H29N5O2. The lowest BCUT2D eigenvalue weighted by Gasteiger charge is -2.32. The number of hydrogen-bond acceptors (Lipinski definition) is 3. The zero-order valence-corrected chi connectivity index (χ0v) is 18.5. The molecule has 1 unspecified atom stereocenters. The Kier molecular flexibility index (Phi) is 6.37. The van der Waals surface area contributed by atoms with Crippen LogP contribution in [0, 0.1) is 19.8 Å². The fraction of sp³-hybridized carbons (Fsp3) is 0.320. The van der Waals surface area contributed by atoms with Crippen LogP contribution in [-0.4, -0.2) is 34.8 Å². The second-order valence-corrected chi connectivity index (χ2v) is 8.56. The number of para-hydroxylation sites is 1. The smallest absolute Gasteiger partial charge is 0.347 e. The molecule has 1 aliphatic rings. The van der Waals surface area contributed by atoms with Gasteiger partial charge in [0.25, 0.3) is 0 Å². The molecule has 1 atom stereocenters. The van der Waals surface area contributed by atoms with Crippen LogP contribution in [0.4, 0.5) is 10.5 Å². The Hall–Kier alpha value is -3.45. The molecule has 7 heteroatoms. The highest BCUT2D eigenvalue weighted by Crippen LogP contribution is 2.22. The average molecular weight is 432 g/mol. The molecule has 0 aliphatic carbocycles. The van der Waals surface area contributed by atoms with E-state index < -0.39 is 6.03 Å². The predicted molar refractivity (Wildman–Crippen MR) is 129 cm³/mol. The minimum absolute atomic E-state index is 0.0348. The van der Waals surface area contributed by atoms with Gasteiger partial charge in [-0.2, -0.15) is 4.99 Å². The maximum atomic E-state index is 12.6. The molecule has 0 saturated carbocycles. The van der Waals surface area contributed by atoms with E-state index in [0.29, 0.717) is 17.0 Å². The van der Waals surface area contributed by atoms with Gasteiger partial charge in [0.2, 0.25) is 5.56 Å². The maximum absolute atomic E-state index is 12.6. The molecule has 3 aromatic rings. The Morgan fingerprint density at radius 2 is 2.06 bits per heavy atom. The van der Waals surface area contributed by atoms with Crippen molar-refractivity contribution in [3.63, 3.8) is 0 Å². The number of aryl methyl sites for hydroxylation is 2. The number of benzene rings is 2. The van der Waals surface area contributed by atoms with Crippen molar-refractivity contribution in [3.05, 3.63) is 75.6 Å². The van der Waals surface area contributed by atoms with Crippen molar-refractivity contribution >= 4 is 28.5 Å². The summed E-state index contributed by atoms with van der Waals surface area (Å²) >= 11 is 0. The summed E-state index contributed by atoms with van der Waals surface area (Å²) in [6.07, 6.45) is 1.92. The summed E-state index contributed by atoms with van der Waals surface area (Å²) in [6, 6.07) is 14.6. The van der Waals surface area contributed by atoms with Crippen LogP contribution in [-0.2, 0) is 6.54 Å². The highest BCUT2D eigenvalue weighted by Gasteiger charge is 2.24. The van der Waals surface area contributed by atoms with Gasteiger partial charge in [-0.05, 0) is 56.5 Å². The molecule has 1 fully saturated rings. The highest BCUT2D eigenvalue weighted by molar-refractivity contribution is 6.04. The minimum atomic E-state index is -0.536. The van der Waals surface area contributed by atoms with Gasteiger partial charge >= 0.3 is 6.03 Å². The van der Waals surface area contributed by atoms with Gasteiger partial charge < -0.3 is 16.0 Å². The van der Waals surface area contributed by atoms with E-state index in [1.54, 1.807) is 12.1 Å². The number of likely N-dealkylation sites (tertiary alicyclic amines) is 1. The van der Waals surface area contributed by atoms with E-state index in [-0.39, 0.29) is 11.5 Å². The molecule has 2 aromatic carbocycles. The number of rotatable bonds is 4. The fourth-order valence-corrected chi connectivity index (χ4v) is 4.34. The molecule has 4 N–H and O–H groups in total. The second-order valence-electron chi connectivity index (χ2n) is 8.56. The molecule has 166 valence electrons. The van der Waals surface area contributed by atoms with E-state index >= 15 is 0 Å². The van der Waals surface area contributed by atoms with Gasteiger partial charge in [0.15, 0.2) is 0 Å². The highest BCUT2D eigenvalue weighted by atomic mass is 16.2. The van der Waals surface area contributed by atoms with E-state index in [9.17, 15) is 9.59 Å². The first-order chi connectivity index (χ1) is 15.4. The van der Waals surface area contributed by atoms with E-state index in [2.05, 4.69) is 52.2 Å². The Morgan fingerprint density at radius 1 is 1.22 bits per heavy atom. The van der Waals surface area contributed by atoms with E-state index in [1.165, 1.54) is 22.8 Å².